The third kappa shape index (κ3) is 3.97. The lowest BCUT2D eigenvalue weighted by atomic mass is 10.2. The van der Waals surface area contributed by atoms with Gasteiger partial charge in [0, 0.05) is 38.2 Å². The summed E-state index contributed by atoms with van der Waals surface area (Å²) in [4.78, 5) is 11.3. The van der Waals surface area contributed by atoms with E-state index < -0.39 is 0 Å². The zero-order valence-corrected chi connectivity index (χ0v) is 13.3. The molecule has 0 unspecified atom stereocenters. The Morgan fingerprint density at radius 3 is 2.71 bits per heavy atom. The predicted octanol–water partition coefficient (Wildman–Crippen LogP) is 3.40. The number of furan rings is 1. The molecule has 2 aromatic heterocycles. The van der Waals surface area contributed by atoms with E-state index in [0.29, 0.717) is 0 Å². The number of rotatable bonds is 7. The fraction of sp³-hybridized carbons (Fsp3) is 0.500. The lowest BCUT2D eigenvalue weighted by Crippen LogP contribution is -2.19. The van der Waals surface area contributed by atoms with Crippen LogP contribution in [0.15, 0.2) is 22.8 Å². The van der Waals surface area contributed by atoms with E-state index in [1.54, 1.807) is 6.26 Å². The average Bonchev–Trinajstić information content (AvgIpc) is 2.85. The SMILES string of the molecule is CCCc1nc(NCC)cc(N(C)Cc2ccoc2C)n1. The van der Waals surface area contributed by atoms with Crippen molar-refractivity contribution in [2.45, 2.75) is 40.2 Å². The molecule has 0 aliphatic carbocycles. The van der Waals surface area contributed by atoms with Gasteiger partial charge in [-0.05, 0) is 26.3 Å². The molecular weight excluding hydrogens is 264 g/mol. The molecule has 0 saturated carbocycles. The number of anilines is 2. The van der Waals surface area contributed by atoms with Crippen LogP contribution in [0.4, 0.5) is 11.6 Å². The molecule has 114 valence electrons. The van der Waals surface area contributed by atoms with E-state index in [2.05, 4.69) is 34.0 Å². The Balaban J connectivity index is 2.22. The van der Waals surface area contributed by atoms with Crippen molar-refractivity contribution in [2.75, 3.05) is 23.8 Å². The molecule has 0 aliphatic heterocycles. The van der Waals surface area contributed by atoms with E-state index in [4.69, 9.17) is 4.42 Å². The summed E-state index contributed by atoms with van der Waals surface area (Å²) >= 11 is 0. The first kappa shape index (κ1) is 15.4. The summed E-state index contributed by atoms with van der Waals surface area (Å²) in [5.41, 5.74) is 1.18. The van der Waals surface area contributed by atoms with Gasteiger partial charge in [0.15, 0.2) is 0 Å². The van der Waals surface area contributed by atoms with Gasteiger partial charge in [0.25, 0.3) is 0 Å². The van der Waals surface area contributed by atoms with Crippen LogP contribution in [0.25, 0.3) is 0 Å². The minimum Gasteiger partial charge on any atom is -0.469 e. The maximum atomic E-state index is 5.35. The molecule has 0 aromatic carbocycles. The van der Waals surface area contributed by atoms with E-state index in [9.17, 15) is 0 Å². The highest BCUT2D eigenvalue weighted by Crippen LogP contribution is 2.19. The predicted molar refractivity (Wildman–Crippen MR) is 85.7 cm³/mol. The minimum absolute atomic E-state index is 0.774. The second-order valence-corrected chi connectivity index (χ2v) is 5.17. The van der Waals surface area contributed by atoms with Crippen LogP contribution in [0.2, 0.25) is 0 Å². The van der Waals surface area contributed by atoms with Crippen LogP contribution >= 0.6 is 0 Å². The number of aromatic nitrogens is 2. The second-order valence-electron chi connectivity index (χ2n) is 5.17. The molecule has 0 saturated heterocycles. The highest BCUT2D eigenvalue weighted by molar-refractivity contribution is 5.49. The summed E-state index contributed by atoms with van der Waals surface area (Å²) in [6.07, 6.45) is 3.66. The number of nitrogens with one attached hydrogen (secondary N) is 1. The Morgan fingerprint density at radius 1 is 1.29 bits per heavy atom. The Kier molecular flexibility index (Phi) is 5.20. The average molecular weight is 288 g/mol. The molecule has 0 spiro atoms. The first-order valence-electron chi connectivity index (χ1n) is 7.50. The Hall–Kier alpha value is -2.04. The number of aryl methyl sites for hydroxylation is 2. The molecular formula is C16H24N4O. The zero-order valence-electron chi connectivity index (χ0n) is 13.3. The van der Waals surface area contributed by atoms with E-state index in [-0.39, 0.29) is 0 Å². The summed E-state index contributed by atoms with van der Waals surface area (Å²) in [7, 11) is 2.04. The first-order valence-corrected chi connectivity index (χ1v) is 7.50. The van der Waals surface area contributed by atoms with Crippen LogP contribution in [-0.4, -0.2) is 23.6 Å². The summed E-state index contributed by atoms with van der Waals surface area (Å²) < 4.78 is 5.35. The molecule has 0 fully saturated rings. The number of hydrogen-bond acceptors (Lipinski definition) is 5. The van der Waals surface area contributed by atoms with Crippen LogP contribution in [0.5, 0.6) is 0 Å². The Bertz CT molecular complexity index is 555. The van der Waals surface area contributed by atoms with Gasteiger partial charge < -0.3 is 14.6 Å². The van der Waals surface area contributed by atoms with Gasteiger partial charge in [-0.3, -0.25) is 0 Å². The van der Waals surface area contributed by atoms with E-state index in [1.807, 2.05) is 26.1 Å². The van der Waals surface area contributed by atoms with Gasteiger partial charge in [-0.15, -0.1) is 0 Å². The fourth-order valence-electron chi connectivity index (χ4n) is 2.20. The summed E-state index contributed by atoms with van der Waals surface area (Å²) in [5.74, 6) is 3.67. The number of hydrogen-bond donors (Lipinski definition) is 1. The maximum absolute atomic E-state index is 5.35. The highest BCUT2D eigenvalue weighted by atomic mass is 16.3. The maximum Gasteiger partial charge on any atom is 0.134 e. The molecule has 0 atom stereocenters. The van der Waals surface area contributed by atoms with Crippen molar-refractivity contribution in [1.82, 2.24) is 9.97 Å². The van der Waals surface area contributed by atoms with Crippen molar-refractivity contribution >= 4 is 11.6 Å². The highest BCUT2D eigenvalue weighted by Gasteiger charge is 2.10. The van der Waals surface area contributed by atoms with Crippen molar-refractivity contribution in [1.29, 1.82) is 0 Å². The molecule has 21 heavy (non-hydrogen) atoms. The van der Waals surface area contributed by atoms with Crippen LogP contribution < -0.4 is 10.2 Å². The largest absolute Gasteiger partial charge is 0.469 e. The smallest absolute Gasteiger partial charge is 0.134 e. The normalized spacial score (nSPS) is 10.7. The molecule has 0 aliphatic rings. The van der Waals surface area contributed by atoms with Gasteiger partial charge in [-0.2, -0.15) is 0 Å². The molecule has 0 bridgehead atoms. The molecule has 0 radical (unpaired) electrons. The van der Waals surface area contributed by atoms with Crippen LogP contribution in [0.3, 0.4) is 0 Å². The van der Waals surface area contributed by atoms with Crippen molar-refractivity contribution in [3.05, 3.63) is 35.5 Å². The van der Waals surface area contributed by atoms with Crippen LogP contribution in [-0.2, 0) is 13.0 Å². The molecule has 5 heteroatoms. The lowest BCUT2D eigenvalue weighted by molar-refractivity contribution is 0.529. The summed E-state index contributed by atoms with van der Waals surface area (Å²) in [5, 5.41) is 3.28. The van der Waals surface area contributed by atoms with Crippen molar-refractivity contribution < 1.29 is 4.42 Å². The third-order valence-electron chi connectivity index (χ3n) is 3.36. The molecule has 2 heterocycles. The quantitative estimate of drug-likeness (QED) is 0.846. The summed E-state index contributed by atoms with van der Waals surface area (Å²) in [6.45, 7) is 7.82. The van der Waals surface area contributed by atoms with Gasteiger partial charge in [0.1, 0.15) is 23.2 Å². The van der Waals surface area contributed by atoms with E-state index in [1.165, 1.54) is 5.56 Å². The van der Waals surface area contributed by atoms with Gasteiger partial charge in [-0.25, -0.2) is 9.97 Å². The van der Waals surface area contributed by atoms with Crippen LogP contribution in [0, 0.1) is 6.92 Å². The zero-order chi connectivity index (χ0) is 15.2. The third-order valence-corrected chi connectivity index (χ3v) is 3.36. The van der Waals surface area contributed by atoms with Gasteiger partial charge in [-0.1, -0.05) is 6.92 Å². The number of nitrogens with zero attached hydrogens (tertiary/aromatic N) is 3. The molecule has 2 rings (SSSR count). The van der Waals surface area contributed by atoms with Crippen molar-refractivity contribution in [2.24, 2.45) is 0 Å². The first-order chi connectivity index (χ1) is 10.1. The van der Waals surface area contributed by atoms with Gasteiger partial charge in [0.2, 0.25) is 0 Å². The van der Waals surface area contributed by atoms with Gasteiger partial charge in [0.05, 0.1) is 6.26 Å². The molecule has 2 aromatic rings. The Morgan fingerprint density at radius 2 is 2.10 bits per heavy atom. The lowest BCUT2D eigenvalue weighted by Gasteiger charge is -2.19. The molecule has 0 amide bonds. The van der Waals surface area contributed by atoms with Gasteiger partial charge >= 0.3 is 0 Å². The molecule has 5 nitrogen and oxygen atoms in total. The minimum atomic E-state index is 0.774. The van der Waals surface area contributed by atoms with Crippen LogP contribution in [0.1, 0.15) is 37.4 Å². The molecule has 1 N–H and O–H groups in total. The van der Waals surface area contributed by atoms with E-state index >= 15 is 0 Å². The fourth-order valence-corrected chi connectivity index (χ4v) is 2.20. The monoisotopic (exact) mass is 288 g/mol. The topological polar surface area (TPSA) is 54.2 Å². The van der Waals surface area contributed by atoms with Crippen molar-refractivity contribution in [3.63, 3.8) is 0 Å². The van der Waals surface area contributed by atoms with Crippen molar-refractivity contribution in [3.8, 4) is 0 Å². The van der Waals surface area contributed by atoms with E-state index in [0.717, 1.165) is 49.2 Å². The summed E-state index contributed by atoms with van der Waals surface area (Å²) in [6, 6.07) is 4.00. The standard InChI is InChI=1S/C16H24N4O/c1-5-7-14-18-15(17-6-2)10-16(19-14)20(4)11-13-8-9-21-12(13)3/h8-10H,5-7,11H2,1-4H3,(H,17,18,19). The Labute approximate surface area is 126 Å². The second kappa shape index (κ2) is 7.11.